The molecule has 0 spiro atoms. The van der Waals surface area contributed by atoms with Crippen molar-refractivity contribution in [2.75, 3.05) is 0 Å². The predicted octanol–water partition coefficient (Wildman–Crippen LogP) is 4.42. The standard InChI is InChI=1S/C20H29BrN2O2/c1-3-7-19(24)23(14-16-10-12-17(21)13-11-16)15(2)20(25)22-18-8-5-4-6-9-18/h10-13,15,18H,3-9,14H2,1-2H3,(H,22,25)/t15-/m0/s1. The van der Waals surface area contributed by atoms with Gasteiger partial charge in [-0.2, -0.15) is 0 Å². The highest BCUT2D eigenvalue weighted by Gasteiger charge is 2.27. The van der Waals surface area contributed by atoms with Gasteiger partial charge in [-0.15, -0.1) is 0 Å². The average molecular weight is 409 g/mol. The van der Waals surface area contributed by atoms with Crippen LogP contribution in [0.4, 0.5) is 0 Å². The van der Waals surface area contributed by atoms with Gasteiger partial charge in [-0.3, -0.25) is 9.59 Å². The summed E-state index contributed by atoms with van der Waals surface area (Å²) in [6.45, 7) is 4.29. The Hall–Kier alpha value is -1.36. The molecule has 1 saturated carbocycles. The molecule has 5 heteroatoms. The van der Waals surface area contributed by atoms with Gasteiger partial charge < -0.3 is 10.2 Å². The first kappa shape index (κ1) is 20.0. The Bertz CT molecular complexity index is 568. The molecule has 1 aromatic rings. The molecule has 2 amide bonds. The molecule has 1 aliphatic carbocycles. The number of rotatable bonds is 7. The maximum Gasteiger partial charge on any atom is 0.242 e. The number of nitrogens with zero attached hydrogens (tertiary/aromatic N) is 1. The van der Waals surface area contributed by atoms with Gasteiger partial charge in [0.1, 0.15) is 6.04 Å². The summed E-state index contributed by atoms with van der Waals surface area (Å²) in [5.41, 5.74) is 1.03. The Morgan fingerprint density at radius 1 is 1.20 bits per heavy atom. The normalized spacial score (nSPS) is 16.3. The Kier molecular flexibility index (Phi) is 7.94. The minimum Gasteiger partial charge on any atom is -0.352 e. The van der Waals surface area contributed by atoms with E-state index in [1.165, 1.54) is 19.3 Å². The fourth-order valence-electron chi connectivity index (χ4n) is 3.30. The summed E-state index contributed by atoms with van der Waals surface area (Å²) in [6, 6.07) is 7.71. The van der Waals surface area contributed by atoms with E-state index in [1.54, 1.807) is 4.90 Å². The molecule has 0 aromatic heterocycles. The van der Waals surface area contributed by atoms with Crippen molar-refractivity contribution in [3.8, 4) is 0 Å². The van der Waals surface area contributed by atoms with Crippen LogP contribution >= 0.6 is 15.9 Å². The molecule has 1 atom stereocenters. The number of amides is 2. The van der Waals surface area contributed by atoms with E-state index in [-0.39, 0.29) is 17.9 Å². The predicted molar refractivity (Wildman–Crippen MR) is 104 cm³/mol. The molecule has 1 aromatic carbocycles. The molecule has 0 heterocycles. The Balaban J connectivity index is 2.05. The lowest BCUT2D eigenvalue weighted by atomic mass is 9.95. The fraction of sp³-hybridized carbons (Fsp3) is 0.600. The number of halogens is 1. The zero-order valence-electron chi connectivity index (χ0n) is 15.3. The van der Waals surface area contributed by atoms with E-state index in [0.29, 0.717) is 13.0 Å². The zero-order valence-corrected chi connectivity index (χ0v) is 16.8. The SMILES string of the molecule is CCCC(=O)N(Cc1ccc(Br)cc1)[C@@H](C)C(=O)NC1CCCCC1. The van der Waals surface area contributed by atoms with Crippen molar-refractivity contribution in [2.24, 2.45) is 0 Å². The number of carbonyl (C=O) groups excluding carboxylic acids is 2. The first-order valence-electron chi connectivity index (χ1n) is 9.35. The summed E-state index contributed by atoms with van der Waals surface area (Å²) >= 11 is 3.43. The molecule has 0 saturated heterocycles. The van der Waals surface area contributed by atoms with Crippen LogP contribution in [0, 0.1) is 0 Å². The van der Waals surface area contributed by atoms with Crippen LogP contribution in [0.15, 0.2) is 28.7 Å². The molecule has 0 bridgehead atoms. The molecule has 4 nitrogen and oxygen atoms in total. The minimum atomic E-state index is -0.454. The number of nitrogens with one attached hydrogen (secondary N) is 1. The van der Waals surface area contributed by atoms with E-state index in [1.807, 2.05) is 38.1 Å². The highest BCUT2D eigenvalue weighted by Crippen LogP contribution is 2.19. The van der Waals surface area contributed by atoms with Crippen LogP contribution in [0.5, 0.6) is 0 Å². The molecule has 25 heavy (non-hydrogen) atoms. The van der Waals surface area contributed by atoms with Crippen LogP contribution in [-0.2, 0) is 16.1 Å². The van der Waals surface area contributed by atoms with Gasteiger partial charge in [-0.05, 0) is 43.9 Å². The van der Waals surface area contributed by atoms with E-state index < -0.39 is 6.04 Å². The van der Waals surface area contributed by atoms with Crippen LogP contribution < -0.4 is 5.32 Å². The lowest BCUT2D eigenvalue weighted by Crippen LogP contribution is -2.50. The second-order valence-corrected chi connectivity index (χ2v) is 7.83. The van der Waals surface area contributed by atoms with Crippen LogP contribution in [0.3, 0.4) is 0 Å². The summed E-state index contributed by atoms with van der Waals surface area (Å²) in [7, 11) is 0. The van der Waals surface area contributed by atoms with Crippen molar-refractivity contribution in [3.05, 3.63) is 34.3 Å². The number of hydrogen-bond acceptors (Lipinski definition) is 2. The van der Waals surface area contributed by atoms with Crippen LogP contribution in [0.2, 0.25) is 0 Å². The molecule has 138 valence electrons. The van der Waals surface area contributed by atoms with Crippen LogP contribution in [-0.4, -0.2) is 28.8 Å². The van der Waals surface area contributed by atoms with E-state index in [0.717, 1.165) is 29.3 Å². The summed E-state index contributed by atoms with van der Waals surface area (Å²) in [5.74, 6) is 0.00479. The van der Waals surface area contributed by atoms with Gasteiger partial charge >= 0.3 is 0 Å². The quantitative estimate of drug-likeness (QED) is 0.725. The van der Waals surface area contributed by atoms with Gasteiger partial charge in [0.2, 0.25) is 11.8 Å². The van der Waals surface area contributed by atoms with Gasteiger partial charge in [-0.1, -0.05) is 54.2 Å². The molecule has 1 N–H and O–H groups in total. The van der Waals surface area contributed by atoms with Crippen molar-refractivity contribution in [2.45, 2.75) is 77.4 Å². The van der Waals surface area contributed by atoms with Gasteiger partial charge in [0.25, 0.3) is 0 Å². The van der Waals surface area contributed by atoms with Crippen LogP contribution in [0.25, 0.3) is 0 Å². The zero-order chi connectivity index (χ0) is 18.2. The Morgan fingerprint density at radius 2 is 1.84 bits per heavy atom. The summed E-state index contributed by atoms with van der Waals surface area (Å²) < 4.78 is 1.01. The Labute approximate surface area is 159 Å². The maximum absolute atomic E-state index is 12.7. The van der Waals surface area contributed by atoms with E-state index in [2.05, 4.69) is 21.2 Å². The maximum atomic E-state index is 12.7. The second-order valence-electron chi connectivity index (χ2n) is 6.92. The third-order valence-corrected chi connectivity index (χ3v) is 5.38. The minimum absolute atomic E-state index is 0.0338. The molecule has 2 rings (SSSR count). The van der Waals surface area contributed by atoms with Crippen molar-refractivity contribution < 1.29 is 9.59 Å². The third kappa shape index (κ3) is 6.14. The molecular formula is C20H29BrN2O2. The third-order valence-electron chi connectivity index (χ3n) is 4.85. The molecular weight excluding hydrogens is 380 g/mol. The monoisotopic (exact) mass is 408 g/mol. The van der Waals surface area contributed by atoms with Gasteiger partial charge in [-0.25, -0.2) is 0 Å². The fourth-order valence-corrected chi connectivity index (χ4v) is 3.56. The first-order valence-corrected chi connectivity index (χ1v) is 10.1. The topological polar surface area (TPSA) is 49.4 Å². The van der Waals surface area contributed by atoms with Gasteiger partial charge in [0.05, 0.1) is 0 Å². The highest BCUT2D eigenvalue weighted by atomic mass is 79.9. The lowest BCUT2D eigenvalue weighted by molar-refractivity contribution is -0.141. The smallest absolute Gasteiger partial charge is 0.242 e. The molecule has 0 aliphatic heterocycles. The molecule has 1 aliphatic rings. The molecule has 0 unspecified atom stereocenters. The van der Waals surface area contributed by atoms with Gasteiger partial charge in [0, 0.05) is 23.5 Å². The number of hydrogen-bond donors (Lipinski definition) is 1. The number of benzene rings is 1. The molecule has 0 radical (unpaired) electrons. The van der Waals surface area contributed by atoms with E-state index in [9.17, 15) is 9.59 Å². The first-order chi connectivity index (χ1) is 12.0. The Morgan fingerprint density at radius 3 is 2.44 bits per heavy atom. The van der Waals surface area contributed by atoms with Crippen molar-refractivity contribution >= 4 is 27.7 Å². The van der Waals surface area contributed by atoms with E-state index >= 15 is 0 Å². The molecule has 1 fully saturated rings. The summed E-state index contributed by atoms with van der Waals surface area (Å²) in [4.78, 5) is 27.0. The van der Waals surface area contributed by atoms with Crippen LogP contribution in [0.1, 0.15) is 64.4 Å². The van der Waals surface area contributed by atoms with Gasteiger partial charge in [0.15, 0.2) is 0 Å². The highest BCUT2D eigenvalue weighted by molar-refractivity contribution is 9.10. The second kappa shape index (κ2) is 9.95. The lowest BCUT2D eigenvalue weighted by Gasteiger charge is -2.31. The van der Waals surface area contributed by atoms with Crippen molar-refractivity contribution in [1.29, 1.82) is 0 Å². The average Bonchev–Trinajstić information content (AvgIpc) is 2.61. The van der Waals surface area contributed by atoms with Crippen molar-refractivity contribution in [1.82, 2.24) is 10.2 Å². The number of carbonyl (C=O) groups is 2. The summed E-state index contributed by atoms with van der Waals surface area (Å²) in [5, 5.41) is 3.15. The largest absolute Gasteiger partial charge is 0.352 e. The van der Waals surface area contributed by atoms with E-state index in [4.69, 9.17) is 0 Å². The van der Waals surface area contributed by atoms with Crippen molar-refractivity contribution in [3.63, 3.8) is 0 Å². The summed E-state index contributed by atoms with van der Waals surface area (Å²) in [6.07, 6.45) is 6.96.